The Bertz CT molecular complexity index is 554. The van der Waals surface area contributed by atoms with Gasteiger partial charge in [-0.3, -0.25) is 4.79 Å². The lowest BCUT2D eigenvalue weighted by Crippen LogP contribution is -2.33. The van der Waals surface area contributed by atoms with Gasteiger partial charge in [0, 0.05) is 24.0 Å². The van der Waals surface area contributed by atoms with Gasteiger partial charge in [-0.05, 0) is 25.0 Å². The molecule has 0 atom stereocenters. The lowest BCUT2D eigenvalue weighted by molar-refractivity contribution is -0.117. The first kappa shape index (κ1) is 13.9. The van der Waals surface area contributed by atoms with Crippen LogP contribution in [0.3, 0.4) is 0 Å². The van der Waals surface area contributed by atoms with E-state index in [9.17, 15) is 9.90 Å². The van der Waals surface area contributed by atoms with E-state index in [2.05, 4.69) is 10.6 Å². The Kier molecular flexibility index (Phi) is 4.61. The molecule has 0 bridgehead atoms. The van der Waals surface area contributed by atoms with Crippen molar-refractivity contribution < 1.29 is 9.90 Å². The number of anilines is 1. The molecular weight excluding hydrogens is 254 g/mol. The molecule has 2 rings (SSSR count). The van der Waals surface area contributed by atoms with Crippen LogP contribution in [0.1, 0.15) is 25.7 Å². The zero-order valence-corrected chi connectivity index (χ0v) is 11.1. The molecule has 1 aliphatic rings. The number of aromatic hydroxyl groups is 1. The molecule has 0 aliphatic heterocycles. The number of nitrogens with one attached hydrogen (secondary N) is 2. The van der Waals surface area contributed by atoms with Crippen molar-refractivity contribution in [3.05, 3.63) is 36.0 Å². The Hall–Kier alpha value is -2.48. The van der Waals surface area contributed by atoms with Crippen LogP contribution in [0, 0.1) is 11.3 Å². The zero-order chi connectivity index (χ0) is 14.4. The summed E-state index contributed by atoms with van der Waals surface area (Å²) < 4.78 is 0. The highest BCUT2D eigenvalue weighted by Gasteiger charge is 2.19. The van der Waals surface area contributed by atoms with Gasteiger partial charge < -0.3 is 15.7 Å². The van der Waals surface area contributed by atoms with Gasteiger partial charge >= 0.3 is 0 Å². The lowest BCUT2D eigenvalue weighted by Gasteiger charge is -2.11. The van der Waals surface area contributed by atoms with E-state index in [0.29, 0.717) is 5.69 Å². The van der Waals surface area contributed by atoms with Crippen molar-refractivity contribution in [3.8, 4) is 11.8 Å². The van der Waals surface area contributed by atoms with E-state index in [4.69, 9.17) is 5.26 Å². The highest BCUT2D eigenvalue weighted by Crippen LogP contribution is 2.18. The largest absolute Gasteiger partial charge is 0.508 e. The average Bonchev–Trinajstić information content (AvgIpc) is 2.92. The van der Waals surface area contributed by atoms with Gasteiger partial charge in [0.25, 0.3) is 5.91 Å². The van der Waals surface area contributed by atoms with Crippen LogP contribution in [0.5, 0.6) is 5.75 Å². The van der Waals surface area contributed by atoms with Gasteiger partial charge in [0.05, 0.1) is 0 Å². The Morgan fingerprint density at radius 3 is 2.80 bits per heavy atom. The molecule has 1 aliphatic carbocycles. The fourth-order valence-electron chi connectivity index (χ4n) is 2.23. The summed E-state index contributed by atoms with van der Waals surface area (Å²) in [4.78, 5) is 11.9. The van der Waals surface area contributed by atoms with Gasteiger partial charge in [-0.25, -0.2) is 0 Å². The minimum Gasteiger partial charge on any atom is -0.508 e. The third-order valence-electron chi connectivity index (χ3n) is 3.28. The number of nitriles is 1. The fraction of sp³-hybridized carbons (Fsp3) is 0.333. The number of phenolic OH excluding ortho intramolecular Hbond substituents is 1. The first-order valence-corrected chi connectivity index (χ1v) is 6.66. The van der Waals surface area contributed by atoms with Crippen LogP contribution in [0.4, 0.5) is 5.69 Å². The number of nitrogens with zero attached hydrogens (tertiary/aromatic N) is 1. The van der Waals surface area contributed by atoms with E-state index < -0.39 is 0 Å². The number of hydrogen-bond donors (Lipinski definition) is 3. The summed E-state index contributed by atoms with van der Waals surface area (Å²) >= 11 is 0. The quantitative estimate of drug-likeness (QED) is 0.579. The maximum Gasteiger partial charge on any atom is 0.263 e. The molecule has 20 heavy (non-hydrogen) atoms. The summed E-state index contributed by atoms with van der Waals surface area (Å²) in [7, 11) is 0. The van der Waals surface area contributed by atoms with Crippen LogP contribution in [-0.4, -0.2) is 17.1 Å². The number of rotatable bonds is 4. The van der Waals surface area contributed by atoms with Crippen LogP contribution < -0.4 is 10.6 Å². The molecule has 1 amide bonds. The molecule has 1 aromatic carbocycles. The molecule has 5 heteroatoms. The highest BCUT2D eigenvalue weighted by atomic mass is 16.3. The molecule has 3 N–H and O–H groups in total. The molecule has 0 saturated heterocycles. The molecule has 0 unspecified atom stereocenters. The first-order valence-electron chi connectivity index (χ1n) is 6.66. The van der Waals surface area contributed by atoms with Crippen molar-refractivity contribution in [2.75, 3.05) is 5.32 Å². The van der Waals surface area contributed by atoms with Crippen molar-refractivity contribution in [3.63, 3.8) is 0 Å². The second kappa shape index (κ2) is 6.62. The molecule has 1 saturated carbocycles. The van der Waals surface area contributed by atoms with Crippen molar-refractivity contribution in [2.45, 2.75) is 31.7 Å². The zero-order valence-electron chi connectivity index (χ0n) is 11.1. The van der Waals surface area contributed by atoms with E-state index in [0.717, 1.165) is 25.7 Å². The summed E-state index contributed by atoms with van der Waals surface area (Å²) in [5.41, 5.74) is 0.645. The van der Waals surface area contributed by atoms with E-state index in [1.807, 2.05) is 6.07 Å². The Labute approximate surface area is 117 Å². The van der Waals surface area contributed by atoms with Gasteiger partial charge in [0.2, 0.25) is 0 Å². The monoisotopic (exact) mass is 271 g/mol. The lowest BCUT2D eigenvalue weighted by atomic mass is 10.2. The van der Waals surface area contributed by atoms with Crippen LogP contribution in [0.2, 0.25) is 0 Å². The highest BCUT2D eigenvalue weighted by molar-refractivity contribution is 5.97. The standard InChI is InChI=1S/C15H17N3O2/c16-9-11(15(20)18-12-4-1-2-5-12)10-17-13-6-3-7-14(19)8-13/h3,6-8,10,12,17,19H,1-2,4-5H2,(H,18,20)/b11-10-. The van der Waals surface area contributed by atoms with E-state index >= 15 is 0 Å². The Morgan fingerprint density at radius 1 is 1.40 bits per heavy atom. The number of phenols is 1. The second-order valence-electron chi connectivity index (χ2n) is 4.82. The van der Waals surface area contributed by atoms with Gasteiger partial charge in [0.1, 0.15) is 17.4 Å². The summed E-state index contributed by atoms with van der Waals surface area (Å²) in [6.07, 6.45) is 5.56. The predicted molar refractivity (Wildman–Crippen MR) is 75.8 cm³/mol. The molecule has 104 valence electrons. The molecule has 0 spiro atoms. The van der Waals surface area contributed by atoms with Crippen molar-refractivity contribution in [1.82, 2.24) is 5.32 Å². The van der Waals surface area contributed by atoms with Gasteiger partial charge in [-0.15, -0.1) is 0 Å². The van der Waals surface area contributed by atoms with Crippen LogP contribution in [0.25, 0.3) is 0 Å². The van der Waals surface area contributed by atoms with E-state index in [1.54, 1.807) is 18.2 Å². The van der Waals surface area contributed by atoms with Crippen molar-refractivity contribution in [1.29, 1.82) is 5.26 Å². The Morgan fingerprint density at radius 2 is 2.15 bits per heavy atom. The summed E-state index contributed by atoms with van der Waals surface area (Å²) in [6.45, 7) is 0. The first-order chi connectivity index (χ1) is 9.69. The minimum atomic E-state index is -0.355. The molecule has 0 radical (unpaired) electrons. The van der Waals surface area contributed by atoms with Crippen LogP contribution in [-0.2, 0) is 4.79 Å². The third-order valence-corrected chi connectivity index (χ3v) is 3.28. The molecule has 1 fully saturated rings. The van der Waals surface area contributed by atoms with Crippen LogP contribution >= 0.6 is 0 Å². The second-order valence-corrected chi connectivity index (χ2v) is 4.82. The SMILES string of the molecule is N#C/C(=C/Nc1cccc(O)c1)C(=O)NC1CCCC1. The Balaban J connectivity index is 1.98. The van der Waals surface area contributed by atoms with Gasteiger partial charge in [0.15, 0.2) is 0 Å². The maximum atomic E-state index is 11.9. The number of benzene rings is 1. The van der Waals surface area contributed by atoms with E-state index in [-0.39, 0.29) is 23.3 Å². The normalized spacial score (nSPS) is 15.7. The molecular formula is C15H17N3O2. The summed E-state index contributed by atoms with van der Waals surface area (Å²) in [5, 5.41) is 24.1. The van der Waals surface area contributed by atoms with E-state index in [1.165, 1.54) is 12.3 Å². The maximum absolute atomic E-state index is 11.9. The topological polar surface area (TPSA) is 85.2 Å². The third kappa shape index (κ3) is 3.75. The molecule has 0 heterocycles. The summed E-state index contributed by atoms with van der Waals surface area (Å²) in [6, 6.07) is 8.54. The average molecular weight is 271 g/mol. The van der Waals surface area contributed by atoms with Gasteiger partial charge in [-0.1, -0.05) is 18.9 Å². The number of hydrogen-bond acceptors (Lipinski definition) is 4. The van der Waals surface area contributed by atoms with Crippen molar-refractivity contribution in [2.24, 2.45) is 0 Å². The molecule has 0 aromatic heterocycles. The molecule has 1 aromatic rings. The number of carbonyl (C=O) groups excluding carboxylic acids is 1. The number of carbonyl (C=O) groups is 1. The van der Waals surface area contributed by atoms with Crippen LogP contribution in [0.15, 0.2) is 36.0 Å². The fourth-order valence-corrected chi connectivity index (χ4v) is 2.23. The van der Waals surface area contributed by atoms with Gasteiger partial charge in [-0.2, -0.15) is 5.26 Å². The minimum absolute atomic E-state index is 0.0280. The smallest absolute Gasteiger partial charge is 0.263 e. The van der Waals surface area contributed by atoms with Crippen molar-refractivity contribution >= 4 is 11.6 Å². The molecule has 5 nitrogen and oxygen atoms in total. The number of amides is 1. The summed E-state index contributed by atoms with van der Waals surface area (Å²) in [5.74, 6) is -0.232. The predicted octanol–water partition coefficient (Wildman–Crippen LogP) is 2.27.